The van der Waals surface area contributed by atoms with Crippen molar-refractivity contribution in [3.05, 3.63) is 71.8 Å². The van der Waals surface area contributed by atoms with Gasteiger partial charge in [-0.15, -0.1) is 0 Å². The first-order valence-corrected chi connectivity index (χ1v) is 15.9. The SMILES string of the molecule is CC[C@@H](C)C1OC(=O)C(OCc2ccccc2)[C@@H](C)[C@@H]1C.CC[C@@H](C)C1OC(O)C(OCc2ccccc2)[C@@H](C)[C@@H]1C. The zero-order chi connectivity index (χ0) is 30.8. The molecule has 2 aromatic carbocycles. The fourth-order valence-electron chi connectivity index (χ4n) is 6.05. The molecular formula is C36H54O6. The summed E-state index contributed by atoms with van der Waals surface area (Å²) in [7, 11) is 0. The molecule has 0 spiro atoms. The van der Waals surface area contributed by atoms with Crippen LogP contribution in [0.1, 0.15) is 79.4 Å². The molecule has 0 bridgehead atoms. The Morgan fingerprint density at radius 3 is 1.71 bits per heavy atom. The van der Waals surface area contributed by atoms with Gasteiger partial charge in [0.15, 0.2) is 12.4 Å². The summed E-state index contributed by atoms with van der Waals surface area (Å²) in [5.41, 5.74) is 2.20. The van der Waals surface area contributed by atoms with Crippen molar-refractivity contribution in [3.63, 3.8) is 0 Å². The van der Waals surface area contributed by atoms with E-state index in [1.165, 1.54) is 0 Å². The maximum Gasteiger partial charge on any atom is 0.335 e. The van der Waals surface area contributed by atoms with Crippen LogP contribution in [0.3, 0.4) is 0 Å². The molecule has 0 radical (unpaired) electrons. The van der Waals surface area contributed by atoms with Crippen molar-refractivity contribution in [2.24, 2.45) is 35.5 Å². The topological polar surface area (TPSA) is 74.2 Å². The summed E-state index contributed by atoms with van der Waals surface area (Å²) in [5, 5.41) is 10.3. The van der Waals surface area contributed by atoms with Gasteiger partial charge in [0.1, 0.15) is 12.2 Å². The minimum absolute atomic E-state index is 0.00840. The van der Waals surface area contributed by atoms with E-state index in [0.717, 1.165) is 24.0 Å². The molecule has 2 aromatic rings. The van der Waals surface area contributed by atoms with Gasteiger partial charge in [-0.25, -0.2) is 4.79 Å². The number of rotatable bonds is 10. The highest BCUT2D eigenvalue weighted by Crippen LogP contribution is 2.37. The molecule has 6 heteroatoms. The number of benzene rings is 2. The fourth-order valence-corrected chi connectivity index (χ4v) is 6.05. The van der Waals surface area contributed by atoms with E-state index in [9.17, 15) is 9.90 Å². The Morgan fingerprint density at radius 1 is 0.714 bits per heavy atom. The normalized spacial score (nSPS) is 32.7. The lowest BCUT2D eigenvalue weighted by atomic mass is 9.78. The highest BCUT2D eigenvalue weighted by atomic mass is 16.6. The van der Waals surface area contributed by atoms with Gasteiger partial charge in [-0.3, -0.25) is 0 Å². The molecule has 0 amide bonds. The second-order valence-corrected chi connectivity index (χ2v) is 12.6. The fraction of sp³-hybridized carbons (Fsp3) is 0.639. The lowest BCUT2D eigenvalue weighted by molar-refractivity contribution is -0.273. The molecule has 6 nitrogen and oxygen atoms in total. The highest BCUT2D eigenvalue weighted by Gasteiger charge is 2.44. The third-order valence-corrected chi connectivity index (χ3v) is 9.72. The minimum Gasteiger partial charge on any atom is -0.460 e. The standard InChI is InChI=1S/C18H28O3.C18H26O3/c2*1-5-12(2)16-13(3)14(4)17(18(19)21-16)20-11-15-9-7-6-8-10-15/h6-10,12-14,16-19H,5,11H2,1-4H3;6-10,12-14,16-17H,5,11H2,1-4H3/t12-,13+,14+,16?,17?,18?;12-,13+,14+,16?,17?/m11/s1. The molecule has 0 aromatic heterocycles. The average molecular weight is 583 g/mol. The minimum atomic E-state index is -0.834. The van der Waals surface area contributed by atoms with Crippen LogP contribution in [0.5, 0.6) is 0 Å². The summed E-state index contributed by atoms with van der Waals surface area (Å²) in [6, 6.07) is 20.0. The van der Waals surface area contributed by atoms with Crippen molar-refractivity contribution in [1.29, 1.82) is 0 Å². The molecular weight excluding hydrogens is 528 g/mol. The average Bonchev–Trinajstić information content (AvgIpc) is 3.01. The van der Waals surface area contributed by atoms with Crippen LogP contribution in [0, 0.1) is 35.5 Å². The van der Waals surface area contributed by atoms with Crippen LogP contribution in [0.2, 0.25) is 0 Å². The maximum atomic E-state index is 12.3. The lowest BCUT2D eigenvalue weighted by Gasteiger charge is -2.44. The molecule has 2 heterocycles. The summed E-state index contributed by atoms with van der Waals surface area (Å²) in [6.45, 7) is 18.2. The Hall–Kier alpha value is -2.25. The van der Waals surface area contributed by atoms with Gasteiger partial charge in [-0.1, -0.05) is 129 Å². The van der Waals surface area contributed by atoms with E-state index < -0.39 is 12.4 Å². The molecule has 2 aliphatic heterocycles. The third kappa shape index (κ3) is 8.89. The Morgan fingerprint density at radius 2 is 1.19 bits per heavy atom. The van der Waals surface area contributed by atoms with Crippen LogP contribution in [0.4, 0.5) is 0 Å². The molecule has 0 aliphatic carbocycles. The first kappa shape index (κ1) is 34.2. The first-order chi connectivity index (χ1) is 20.1. The van der Waals surface area contributed by atoms with Crippen molar-refractivity contribution >= 4 is 5.97 Å². The van der Waals surface area contributed by atoms with Crippen LogP contribution in [0.25, 0.3) is 0 Å². The number of esters is 1. The van der Waals surface area contributed by atoms with Gasteiger partial charge in [-0.05, 0) is 46.6 Å². The van der Waals surface area contributed by atoms with Crippen molar-refractivity contribution in [1.82, 2.24) is 0 Å². The van der Waals surface area contributed by atoms with Crippen LogP contribution < -0.4 is 0 Å². The van der Waals surface area contributed by atoms with E-state index in [2.05, 4.69) is 55.4 Å². The predicted molar refractivity (Wildman–Crippen MR) is 166 cm³/mol. The largest absolute Gasteiger partial charge is 0.460 e. The molecule has 4 rings (SSSR count). The van der Waals surface area contributed by atoms with Gasteiger partial charge in [-0.2, -0.15) is 0 Å². The Kier molecular flexibility index (Phi) is 13.5. The summed E-state index contributed by atoms with van der Waals surface area (Å²) in [4.78, 5) is 12.3. The predicted octanol–water partition coefficient (Wildman–Crippen LogP) is 7.42. The number of cyclic esters (lactones) is 1. The van der Waals surface area contributed by atoms with Crippen molar-refractivity contribution < 1.29 is 28.8 Å². The Bertz CT molecular complexity index is 1050. The van der Waals surface area contributed by atoms with Crippen molar-refractivity contribution in [2.45, 2.75) is 112 Å². The van der Waals surface area contributed by atoms with Gasteiger partial charge < -0.3 is 24.1 Å². The van der Waals surface area contributed by atoms with Gasteiger partial charge in [0.25, 0.3) is 0 Å². The van der Waals surface area contributed by atoms with Crippen LogP contribution in [-0.4, -0.2) is 41.8 Å². The van der Waals surface area contributed by atoms with E-state index in [-0.39, 0.29) is 36.1 Å². The monoisotopic (exact) mass is 582 g/mol. The molecule has 42 heavy (non-hydrogen) atoms. The van der Waals surface area contributed by atoms with Crippen LogP contribution in [-0.2, 0) is 37.0 Å². The quantitative estimate of drug-likeness (QED) is 0.294. The van der Waals surface area contributed by atoms with Gasteiger partial charge in [0.05, 0.1) is 19.3 Å². The number of carbonyl (C=O) groups is 1. The summed E-state index contributed by atoms with van der Waals surface area (Å²) < 4.78 is 23.3. The zero-order valence-electron chi connectivity index (χ0n) is 26.9. The van der Waals surface area contributed by atoms with Gasteiger partial charge >= 0.3 is 5.97 Å². The second kappa shape index (κ2) is 16.6. The number of hydrogen-bond acceptors (Lipinski definition) is 6. The summed E-state index contributed by atoms with van der Waals surface area (Å²) >= 11 is 0. The van der Waals surface area contributed by atoms with E-state index in [1.54, 1.807) is 0 Å². The molecule has 2 saturated heterocycles. The molecule has 234 valence electrons. The number of aliphatic hydroxyl groups excluding tert-OH is 1. The number of hydrogen-bond donors (Lipinski definition) is 1. The van der Waals surface area contributed by atoms with Crippen molar-refractivity contribution in [2.75, 3.05) is 0 Å². The van der Waals surface area contributed by atoms with Gasteiger partial charge in [0, 0.05) is 0 Å². The van der Waals surface area contributed by atoms with E-state index >= 15 is 0 Å². The van der Waals surface area contributed by atoms with Crippen LogP contribution in [0.15, 0.2) is 60.7 Å². The number of aliphatic hydroxyl groups is 1. The Balaban J connectivity index is 0.000000230. The lowest BCUT2D eigenvalue weighted by Crippen LogP contribution is -2.52. The number of ether oxygens (including phenoxy) is 4. The summed E-state index contributed by atoms with van der Waals surface area (Å²) in [6.07, 6.45) is 0.639. The molecule has 5 unspecified atom stereocenters. The first-order valence-electron chi connectivity index (χ1n) is 15.9. The zero-order valence-corrected chi connectivity index (χ0v) is 26.9. The second-order valence-electron chi connectivity index (χ2n) is 12.6. The molecule has 1 N–H and O–H groups in total. The third-order valence-electron chi connectivity index (χ3n) is 9.72. The summed E-state index contributed by atoms with van der Waals surface area (Å²) in [5.74, 6) is 1.78. The van der Waals surface area contributed by atoms with E-state index in [0.29, 0.717) is 36.9 Å². The maximum absolute atomic E-state index is 12.3. The van der Waals surface area contributed by atoms with Gasteiger partial charge in [0.2, 0.25) is 0 Å². The molecule has 0 saturated carbocycles. The van der Waals surface area contributed by atoms with Crippen LogP contribution >= 0.6 is 0 Å². The Labute approximate surface area is 254 Å². The highest BCUT2D eigenvalue weighted by molar-refractivity contribution is 5.76. The van der Waals surface area contributed by atoms with Crippen molar-refractivity contribution in [3.8, 4) is 0 Å². The molecule has 2 fully saturated rings. The molecule has 2 aliphatic rings. The number of carbonyl (C=O) groups excluding carboxylic acids is 1. The van der Waals surface area contributed by atoms with E-state index in [1.807, 2.05) is 60.7 Å². The molecule has 11 atom stereocenters. The smallest absolute Gasteiger partial charge is 0.335 e. The van der Waals surface area contributed by atoms with E-state index in [4.69, 9.17) is 18.9 Å².